The van der Waals surface area contributed by atoms with Gasteiger partial charge < -0.3 is 10.1 Å². The summed E-state index contributed by atoms with van der Waals surface area (Å²) in [6.07, 6.45) is 3.87. The van der Waals surface area contributed by atoms with Crippen LogP contribution in [0, 0.1) is 0 Å². The van der Waals surface area contributed by atoms with Crippen LogP contribution >= 0.6 is 0 Å². The molecule has 0 spiro atoms. The molecule has 3 rings (SSSR count). The highest BCUT2D eigenvalue weighted by Crippen LogP contribution is 2.17. The molecule has 2 aliphatic rings. The Balaban J connectivity index is 1.76. The zero-order valence-electron chi connectivity index (χ0n) is 9.30. The maximum Gasteiger partial charge on any atom is 0.334 e. The molecule has 0 unspecified atom stereocenters. The van der Waals surface area contributed by atoms with Crippen LogP contribution in [0.15, 0.2) is 11.2 Å². The van der Waals surface area contributed by atoms with Crippen LogP contribution in [0.25, 0.3) is 0 Å². The van der Waals surface area contributed by atoms with Gasteiger partial charge in [-0.3, -0.25) is 0 Å². The van der Waals surface area contributed by atoms with Gasteiger partial charge in [-0.1, -0.05) is 5.21 Å². The molecular weight excluding hydrogens is 222 g/mol. The molecule has 0 radical (unpaired) electrons. The molecule has 0 bridgehead atoms. The lowest BCUT2D eigenvalue weighted by atomic mass is 10.1. The van der Waals surface area contributed by atoms with Gasteiger partial charge in [-0.15, -0.1) is 5.10 Å². The number of nitrogens with zero attached hydrogens (tertiary/aromatic N) is 4. The summed E-state index contributed by atoms with van der Waals surface area (Å²) in [7, 11) is 0. The summed E-state index contributed by atoms with van der Waals surface area (Å²) in [6.45, 7) is 2.07. The van der Waals surface area contributed by atoms with Crippen molar-refractivity contribution in [2.75, 3.05) is 19.6 Å². The van der Waals surface area contributed by atoms with Gasteiger partial charge in [0.15, 0.2) is 5.69 Å². The Bertz CT molecular complexity index is 461. The van der Waals surface area contributed by atoms with Gasteiger partial charge in [-0.2, -0.15) is 0 Å². The third kappa shape index (κ3) is 2.05. The minimum atomic E-state index is -0.337. The first kappa shape index (κ1) is 10.4. The molecule has 17 heavy (non-hydrogen) atoms. The van der Waals surface area contributed by atoms with Crippen LogP contribution in [0.3, 0.4) is 0 Å². The topological polar surface area (TPSA) is 81.4 Å². The van der Waals surface area contributed by atoms with E-state index < -0.39 is 0 Å². The minimum absolute atomic E-state index is 0.0789. The summed E-state index contributed by atoms with van der Waals surface area (Å²) in [6, 6.07) is 0.371. The van der Waals surface area contributed by atoms with E-state index in [2.05, 4.69) is 20.6 Å². The van der Waals surface area contributed by atoms with Crippen molar-refractivity contribution in [3.05, 3.63) is 11.9 Å². The summed E-state index contributed by atoms with van der Waals surface area (Å²) in [5, 5.41) is 11.4. The summed E-state index contributed by atoms with van der Waals surface area (Å²) in [4.78, 5) is 14.9. The van der Waals surface area contributed by atoms with Gasteiger partial charge in [0.05, 0.1) is 12.2 Å². The van der Waals surface area contributed by atoms with E-state index in [9.17, 15) is 4.79 Å². The molecule has 1 N–H and O–H groups in total. The van der Waals surface area contributed by atoms with Gasteiger partial charge in [0, 0.05) is 0 Å². The fourth-order valence-corrected chi connectivity index (χ4v) is 2.07. The van der Waals surface area contributed by atoms with Crippen LogP contribution in [0.1, 0.15) is 24.6 Å². The molecule has 0 saturated carbocycles. The van der Waals surface area contributed by atoms with E-state index in [1.807, 2.05) is 4.68 Å². The summed E-state index contributed by atoms with van der Waals surface area (Å²) in [5.74, 6) is -0.0494. The van der Waals surface area contributed by atoms with Gasteiger partial charge >= 0.3 is 5.97 Å². The van der Waals surface area contributed by atoms with Gasteiger partial charge in [0.2, 0.25) is 5.90 Å². The van der Waals surface area contributed by atoms with Crippen LogP contribution in [-0.2, 0) is 9.53 Å². The van der Waals surface area contributed by atoms with E-state index in [4.69, 9.17) is 4.74 Å². The van der Waals surface area contributed by atoms with E-state index in [1.165, 1.54) is 0 Å². The predicted octanol–water partition coefficient (Wildman–Crippen LogP) is -0.494. The number of esters is 1. The largest absolute Gasteiger partial charge is 0.404 e. The molecule has 90 valence electrons. The number of carbonyl (C=O) groups is 1. The Labute approximate surface area is 97.9 Å². The second-order valence-electron chi connectivity index (χ2n) is 4.16. The van der Waals surface area contributed by atoms with E-state index in [-0.39, 0.29) is 18.4 Å². The molecule has 3 heterocycles. The molecule has 2 aliphatic heterocycles. The third-order valence-electron chi connectivity index (χ3n) is 2.97. The van der Waals surface area contributed by atoms with E-state index >= 15 is 0 Å². The minimum Gasteiger partial charge on any atom is -0.404 e. The fraction of sp³-hybridized carbons (Fsp3) is 0.600. The quantitative estimate of drug-likeness (QED) is 0.699. The first-order valence-electron chi connectivity index (χ1n) is 5.71. The average molecular weight is 235 g/mol. The monoisotopic (exact) mass is 235 g/mol. The van der Waals surface area contributed by atoms with Crippen LogP contribution in [0.4, 0.5) is 0 Å². The predicted molar refractivity (Wildman–Crippen MR) is 58.7 cm³/mol. The second-order valence-corrected chi connectivity index (χ2v) is 4.16. The Morgan fingerprint density at radius 2 is 2.24 bits per heavy atom. The van der Waals surface area contributed by atoms with Crippen molar-refractivity contribution >= 4 is 11.9 Å². The highest BCUT2D eigenvalue weighted by molar-refractivity contribution is 6.03. The molecule has 1 aromatic heterocycles. The lowest BCUT2D eigenvalue weighted by Gasteiger charge is -2.21. The van der Waals surface area contributed by atoms with E-state index in [0.29, 0.717) is 11.7 Å². The molecule has 1 saturated heterocycles. The number of ether oxygens (including phenoxy) is 1. The van der Waals surface area contributed by atoms with Gasteiger partial charge in [-0.05, 0) is 25.9 Å². The zero-order valence-corrected chi connectivity index (χ0v) is 9.30. The number of piperidine rings is 1. The molecule has 1 fully saturated rings. The average Bonchev–Trinajstić information content (AvgIpc) is 2.98. The second kappa shape index (κ2) is 4.25. The molecule has 0 aromatic carbocycles. The van der Waals surface area contributed by atoms with Crippen molar-refractivity contribution < 1.29 is 9.53 Å². The highest BCUT2D eigenvalue weighted by atomic mass is 16.6. The molecule has 7 heteroatoms. The lowest BCUT2D eigenvalue weighted by molar-refractivity contribution is -0.132. The van der Waals surface area contributed by atoms with Crippen molar-refractivity contribution in [1.82, 2.24) is 20.3 Å². The molecule has 1 aromatic rings. The van der Waals surface area contributed by atoms with Crippen molar-refractivity contribution in [2.24, 2.45) is 4.99 Å². The van der Waals surface area contributed by atoms with Gasteiger partial charge in [0.1, 0.15) is 6.54 Å². The smallest absolute Gasteiger partial charge is 0.334 e. The van der Waals surface area contributed by atoms with Crippen LogP contribution in [-0.4, -0.2) is 46.5 Å². The maximum absolute atomic E-state index is 10.9. The molecule has 0 amide bonds. The van der Waals surface area contributed by atoms with E-state index in [0.717, 1.165) is 25.9 Å². The van der Waals surface area contributed by atoms with Crippen LogP contribution < -0.4 is 5.32 Å². The molecule has 7 nitrogen and oxygen atoms in total. The van der Waals surface area contributed by atoms with Crippen molar-refractivity contribution in [2.45, 2.75) is 18.9 Å². The summed E-state index contributed by atoms with van der Waals surface area (Å²) < 4.78 is 6.77. The fourth-order valence-electron chi connectivity index (χ4n) is 2.07. The Hall–Kier alpha value is -1.76. The third-order valence-corrected chi connectivity index (χ3v) is 2.97. The van der Waals surface area contributed by atoms with Crippen molar-refractivity contribution in [3.8, 4) is 0 Å². The number of carbonyl (C=O) groups excluding carboxylic acids is 1. The number of hydrogen-bond donors (Lipinski definition) is 1. The maximum atomic E-state index is 10.9. The summed E-state index contributed by atoms with van der Waals surface area (Å²) >= 11 is 0. The highest BCUT2D eigenvalue weighted by Gasteiger charge is 2.23. The molecular formula is C10H13N5O2. The first-order valence-corrected chi connectivity index (χ1v) is 5.71. The van der Waals surface area contributed by atoms with E-state index in [1.54, 1.807) is 6.20 Å². The first-order chi connectivity index (χ1) is 8.33. The number of hydrogen-bond acceptors (Lipinski definition) is 6. The SMILES string of the molecule is O=C1CN=C(c2cn(C3CCNCC3)nn2)O1. The summed E-state index contributed by atoms with van der Waals surface area (Å²) in [5.41, 5.74) is 0.536. The number of rotatable bonds is 2. The normalized spacial score (nSPS) is 21.4. The number of nitrogens with one attached hydrogen (secondary N) is 1. The Morgan fingerprint density at radius 1 is 1.41 bits per heavy atom. The van der Waals surface area contributed by atoms with Gasteiger partial charge in [-0.25, -0.2) is 14.5 Å². The Morgan fingerprint density at radius 3 is 2.94 bits per heavy atom. The van der Waals surface area contributed by atoms with Crippen LogP contribution in [0.2, 0.25) is 0 Å². The standard InChI is InChI=1S/C10H13N5O2/c16-9-5-12-10(17-9)8-6-15(14-13-8)7-1-3-11-4-2-7/h6-7,11H,1-5H2. The lowest BCUT2D eigenvalue weighted by Crippen LogP contribution is -2.29. The van der Waals surface area contributed by atoms with Crippen molar-refractivity contribution in [1.29, 1.82) is 0 Å². The Kier molecular flexibility index (Phi) is 2.60. The molecule has 0 atom stereocenters. The number of aromatic nitrogens is 3. The van der Waals surface area contributed by atoms with Gasteiger partial charge in [0.25, 0.3) is 0 Å². The number of aliphatic imine (C=N–C) groups is 1. The van der Waals surface area contributed by atoms with Crippen molar-refractivity contribution in [3.63, 3.8) is 0 Å². The van der Waals surface area contributed by atoms with Crippen LogP contribution in [0.5, 0.6) is 0 Å². The number of cyclic esters (lactones) is 1. The molecule has 0 aliphatic carbocycles. The zero-order chi connectivity index (χ0) is 11.7.